The van der Waals surface area contributed by atoms with Gasteiger partial charge in [-0.15, -0.1) is 0 Å². The minimum absolute atomic E-state index is 0.301. The Morgan fingerprint density at radius 1 is 1.06 bits per heavy atom. The number of hydrogen-bond donors (Lipinski definition) is 1. The maximum absolute atomic E-state index is 12.4. The average molecular weight is 476 g/mol. The normalized spacial score (nSPS) is 11.7. The molecule has 1 heterocycles. The monoisotopic (exact) mass is 475 g/mol. The largest absolute Gasteiger partial charge is 0.419 e. The van der Waals surface area contributed by atoms with Crippen molar-refractivity contribution in [3.63, 3.8) is 0 Å². The molecule has 1 amide bonds. The smallest absolute Gasteiger partial charge is 0.408 e. The van der Waals surface area contributed by atoms with Gasteiger partial charge in [0.1, 0.15) is 0 Å². The second kappa shape index (κ2) is 11.4. The number of aromatic nitrogens is 1. The lowest BCUT2D eigenvalue weighted by Gasteiger charge is -2.20. The summed E-state index contributed by atoms with van der Waals surface area (Å²) in [6.07, 6.45) is 5.19. The van der Waals surface area contributed by atoms with Crippen LogP contribution in [0.5, 0.6) is 0 Å². The van der Waals surface area contributed by atoms with Gasteiger partial charge < -0.3 is 14.6 Å². The summed E-state index contributed by atoms with van der Waals surface area (Å²) >= 11 is 11.9. The maximum Gasteiger partial charge on any atom is 0.419 e. The van der Waals surface area contributed by atoms with Crippen molar-refractivity contribution in [2.45, 2.75) is 33.2 Å². The van der Waals surface area contributed by atoms with E-state index in [0.717, 1.165) is 38.0 Å². The van der Waals surface area contributed by atoms with Gasteiger partial charge in [-0.2, -0.15) is 0 Å². The van der Waals surface area contributed by atoms with Gasteiger partial charge >= 0.3 is 5.76 Å². The number of nitrogens with zero attached hydrogens (tertiary/aromatic N) is 2. The molecule has 0 aliphatic carbocycles. The summed E-state index contributed by atoms with van der Waals surface area (Å²) in [6.45, 7) is 7.56. The van der Waals surface area contributed by atoms with Crippen LogP contribution in [-0.4, -0.2) is 35.0 Å². The number of halogens is 2. The zero-order chi connectivity index (χ0) is 23.1. The van der Waals surface area contributed by atoms with Gasteiger partial charge in [-0.05, 0) is 67.9 Å². The maximum atomic E-state index is 12.4. The Balaban J connectivity index is 1.73. The van der Waals surface area contributed by atoms with Gasteiger partial charge in [0.2, 0.25) is 5.91 Å². The lowest BCUT2D eigenvalue weighted by molar-refractivity contribution is -0.111. The van der Waals surface area contributed by atoms with Crippen molar-refractivity contribution in [3.05, 3.63) is 68.6 Å². The summed E-state index contributed by atoms with van der Waals surface area (Å²) in [6, 6.07) is 10.3. The highest BCUT2D eigenvalue weighted by atomic mass is 35.5. The predicted molar refractivity (Wildman–Crippen MR) is 132 cm³/mol. The fourth-order valence-corrected chi connectivity index (χ4v) is 3.84. The second-order valence-corrected chi connectivity index (χ2v) is 8.35. The molecule has 0 bridgehead atoms. The van der Waals surface area contributed by atoms with Gasteiger partial charge in [-0.25, -0.2) is 4.79 Å². The highest BCUT2D eigenvalue weighted by Gasteiger charge is 2.12. The predicted octanol–water partition coefficient (Wildman–Crippen LogP) is 5.68. The van der Waals surface area contributed by atoms with E-state index in [2.05, 4.69) is 24.1 Å². The molecule has 0 saturated heterocycles. The van der Waals surface area contributed by atoms with Crippen molar-refractivity contribution in [1.29, 1.82) is 0 Å². The molecule has 170 valence electrons. The Hall–Kier alpha value is -2.54. The Morgan fingerprint density at radius 2 is 1.81 bits per heavy atom. The fourth-order valence-electron chi connectivity index (χ4n) is 3.53. The number of hydrogen-bond acceptors (Lipinski definition) is 4. The van der Waals surface area contributed by atoms with E-state index in [-0.39, 0.29) is 5.91 Å². The zero-order valence-corrected chi connectivity index (χ0v) is 19.7. The molecule has 6 nitrogen and oxygen atoms in total. The van der Waals surface area contributed by atoms with E-state index in [9.17, 15) is 9.59 Å². The summed E-state index contributed by atoms with van der Waals surface area (Å²) < 4.78 is 7.00. The molecule has 3 aromatic rings. The Morgan fingerprint density at radius 3 is 2.50 bits per heavy atom. The van der Waals surface area contributed by atoms with E-state index in [4.69, 9.17) is 27.6 Å². The number of carbonyl (C=O) groups is 1. The third kappa shape index (κ3) is 6.25. The minimum Gasteiger partial charge on any atom is -0.408 e. The van der Waals surface area contributed by atoms with Gasteiger partial charge in [0.15, 0.2) is 5.58 Å². The van der Waals surface area contributed by atoms with Gasteiger partial charge in [0, 0.05) is 24.9 Å². The zero-order valence-electron chi connectivity index (χ0n) is 18.2. The van der Waals surface area contributed by atoms with Gasteiger partial charge in [-0.1, -0.05) is 43.1 Å². The van der Waals surface area contributed by atoms with Crippen LogP contribution in [-0.2, 0) is 11.3 Å². The molecule has 0 atom stereocenters. The first-order chi connectivity index (χ1) is 15.4. The summed E-state index contributed by atoms with van der Waals surface area (Å²) in [7, 11) is 0. The van der Waals surface area contributed by atoms with Crippen LogP contribution in [0.2, 0.25) is 10.0 Å². The van der Waals surface area contributed by atoms with E-state index in [1.807, 2.05) is 0 Å². The third-order valence-electron chi connectivity index (χ3n) is 5.03. The molecular formula is C24H27Cl2N3O3. The van der Waals surface area contributed by atoms with E-state index < -0.39 is 5.76 Å². The molecule has 0 aliphatic heterocycles. The topological polar surface area (TPSA) is 67.5 Å². The molecule has 2 aromatic carbocycles. The van der Waals surface area contributed by atoms with E-state index in [1.165, 1.54) is 6.08 Å². The summed E-state index contributed by atoms with van der Waals surface area (Å²) in [5.41, 5.74) is 2.50. The first kappa shape index (κ1) is 24.1. The number of rotatable bonds is 10. The summed E-state index contributed by atoms with van der Waals surface area (Å²) in [5.74, 6) is -0.694. The average Bonchev–Trinajstić information content (AvgIpc) is 3.07. The van der Waals surface area contributed by atoms with E-state index >= 15 is 0 Å². The summed E-state index contributed by atoms with van der Waals surface area (Å²) in [4.78, 5) is 27.1. The number of nitrogens with one attached hydrogen (secondary N) is 1. The lowest BCUT2D eigenvalue weighted by Crippen LogP contribution is -2.31. The first-order valence-corrected chi connectivity index (χ1v) is 11.5. The van der Waals surface area contributed by atoms with Crippen molar-refractivity contribution in [3.8, 4) is 0 Å². The fraction of sp³-hybridized carbons (Fsp3) is 0.333. The van der Waals surface area contributed by atoms with Crippen molar-refractivity contribution in [1.82, 2.24) is 9.47 Å². The van der Waals surface area contributed by atoms with Crippen molar-refractivity contribution in [2.75, 3.05) is 25.0 Å². The molecular weight excluding hydrogens is 449 g/mol. The molecule has 0 unspecified atom stereocenters. The van der Waals surface area contributed by atoms with Gasteiger partial charge in [-0.3, -0.25) is 9.36 Å². The standard InChI is InChI=1S/C24H27Cl2N3O3/c1-3-11-28(12-4-2)13-14-29-21-16-18(7-9-22(21)32-24(29)31)27-23(30)10-6-17-5-8-19(25)20(26)15-17/h5-10,15-16H,3-4,11-14H2,1-2H3,(H,27,30). The number of oxazole rings is 1. The number of fused-ring (bicyclic) bond motifs is 1. The van der Waals surface area contributed by atoms with Crippen molar-refractivity contribution < 1.29 is 9.21 Å². The molecule has 0 saturated carbocycles. The third-order valence-corrected chi connectivity index (χ3v) is 5.76. The number of anilines is 1. The van der Waals surface area contributed by atoms with Crippen LogP contribution in [0, 0.1) is 0 Å². The highest BCUT2D eigenvalue weighted by Crippen LogP contribution is 2.23. The van der Waals surface area contributed by atoms with Crippen molar-refractivity contribution in [2.24, 2.45) is 0 Å². The quantitative estimate of drug-likeness (QED) is 0.383. The molecule has 1 N–H and O–H groups in total. The van der Waals surface area contributed by atoms with Crippen LogP contribution in [0.1, 0.15) is 32.3 Å². The molecule has 1 aromatic heterocycles. The van der Waals surface area contributed by atoms with Crippen LogP contribution in [0.3, 0.4) is 0 Å². The molecule has 8 heteroatoms. The number of carbonyl (C=O) groups excluding carboxylic acids is 1. The van der Waals surface area contributed by atoms with Crippen molar-refractivity contribution >= 4 is 52.0 Å². The van der Waals surface area contributed by atoms with E-state index in [0.29, 0.717) is 33.4 Å². The Bertz CT molecular complexity index is 1160. The van der Waals surface area contributed by atoms with E-state index in [1.54, 1.807) is 47.0 Å². The molecule has 0 aliphatic rings. The van der Waals surface area contributed by atoms with Gasteiger partial charge in [0.25, 0.3) is 0 Å². The summed E-state index contributed by atoms with van der Waals surface area (Å²) in [5, 5.41) is 3.70. The number of benzene rings is 2. The molecule has 0 radical (unpaired) electrons. The Kier molecular flexibility index (Phi) is 8.56. The van der Waals surface area contributed by atoms with Crippen LogP contribution < -0.4 is 11.1 Å². The Labute approximate surface area is 197 Å². The second-order valence-electron chi connectivity index (χ2n) is 7.54. The van der Waals surface area contributed by atoms with Gasteiger partial charge in [0.05, 0.1) is 15.6 Å². The molecule has 32 heavy (non-hydrogen) atoms. The minimum atomic E-state index is -0.393. The molecule has 3 rings (SSSR count). The van der Waals surface area contributed by atoms with Crippen LogP contribution in [0.4, 0.5) is 5.69 Å². The first-order valence-electron chi connectivity index (χ1n) is 10.7. The SMILES string of the molecule is CCCN(CCC)CCn1c(=O)oc2ccc(NC(=O)C=Cc3ccc(Cl)c(Cl)c3)cc21. The van der Waals surface area contributed by atoms with Crippen LogP contribution in [0.25, 0.3) is 17.2 Å². The lowest BCUT2D eigenvalue weighted by atomic mass is 10.2. The molecule has 0 spiro atoms. The van der Waals surface area contributed by atoms with Crippen LogP contribution in [0.15, 0.2) is 51.7 Å². The highest BCUT2D eigenvalue weighted by molar-refractivity contribution is 6.42. The van der Waals surface area contributed by atoms with Crippen LogP contribution >= 0.6 is 23.2 Å². The molecule has 0 fully saturated rings. The number of amides is 1.